The smallest absolute Gasteiger partial charge is 0.335 e. The van der Waals surface area contributed by atoms with Crippen LogP contribution in [0.5, 0.6) is 11.5 Å². The molecule has 0 aromatic heterocycles. The predicted octanol–water partition coefficient (Wildman–Crippen LogP) is 2.52. The summed E-state index contributed by atoms with van der Waals surface area (Å²) in [6.07, 6.45) is 0.298. The number of alkyl halides is 1. The standard InChI is InChI=1S/C12H15FO4/c1-2-16-11-8-9(12(14)15)4-5-10(11)17-7-3-6-13/h4-5,8H,2-3,6-7H2,1H3,(H,14,15). The third-order valence-corrected chi connectivity index (χ3v) is 2.03. The average Bonchev–Trinajstić information content (AvgIpc) is 2.31. The Morgan fingerprint density at radius 2 is 2.12 bits per heavy atom. The van der Waals surface area contributed by atoms with Crippen molar-refractivity contribution in [2.75, 3.05) is 19.9 Å². The number of carbonyl (C=O) groups is 1. The Morgan fingerprint density at radius 3 is 2.71 bits per heavy atom. The van der Waals surface area contributed by atoms with Crippen LogP contribution in [-0.2, 0) is 0 Å². The second-order valence-electron chi connectivity index (χ2n) is 3.29. The van der Waals surface area contributed by atoms with E-state index in [0.717, 1.165) is 0 Å². The summed E-state index contributed by atoms with van der Waals surface area (Å²) in [6, 6.07) is 4.35. The van der Waals surface area contributed by atoms with E-state index in [0.29, 0.717) is 24.5 Å². The van der Waals surface area contributed by atoms with Gasteiger partial charge in [-0.3, -0.25) is 4.39 Å². The van der Waals surface area contributed by atoms with E-state index >= 15 is 0 Å². The van der Waals surface area contributed by atoms with E-state index in [9.17, 15) is 9.18 Å². The first-order valence-electron chi connectivity index (χ1n) is 5.38. The summed E-state index contributed by atoms with van der Waals surface area (Å²) >= 11 is 0. The van der Waals surface area contributed by atoms with Crippen molar-refractivity contribution in [3.8, 4) is 11.5 Å². The van der Waals surface area contributed by atoms with Gasteiger partial charge in [0.2, 0.25) is 0 Å². The first-order chi connectivity index (χ1) is 8.19. The van der Waals surface area contributed by atoms with Crippen molar-refractivity contribution >= 4 is 5.97 Å². The number of hydrogen-bond acceptors (Lipinski definition) is 3. The van der Waals surface area contributed by atoms with E-state index in [1.807, 2.05) is 0 Å². The zero-order valence-electron chi connectivity index (χ0n) is 9.61. The maximum atomic E-state index is 11.9. The molecule has 0 bridgehead atoms. The van der Waals surface area contributed by atoms with Crippen LogP contribution < -0.4 is 9.47 Å². The molecule has 0 aliphatic heterocycles. The van der Waals surface area contributed by atoms with Gasteiger partial charge in [-0.05, 0) is 25.1 Å². The first-order valence-corrected chi connectivity index (χ1v) is 5.38. The Kier molecular flexibility index (Phi) is 5.26. The highest BCUT2D eigenvalue weighted by Crippen LogP contribution is 2.28. The molecule has 5 heteroatoms. The van der Waals surface area contributed by atoms with Gasteiger partial charge in [0.25, 0.3) is 0 Å². The minimum Gasteiger partial charge on any atom is -0.490 e. The summed E-state index contributed by atoms with van der Waals surface area (Å²) in [7, 11) is 0. The van der Waals surface area contributed by atoms with E-state index in [-0.39, 0.29) is 12.2 Å². The van der Waals surface area contributed by atoms with Gasteiger partial charge < -0.3 is 14.6 Å². The number of aromatic carboxylic acids is 1. The molecule has 4 nitrogen and oxygen atoms in total. The van der Waals surface area contributed by atoms with Crippen LogP contribution in [0.1, 0.15) is 23.7 Å². The normalized spacial score (nSPS) is 10.0. The SMILES string of the molecule is CCOc1cc(C(=O)O)ccc1OCCCF. The van der Waals surface area contributed by atoms with Crippen LogP contribution in [0.25, 0.3) is 0 Å². The van der Waals surface area contributed by atoms with Crippen molar-refractivity contribution in [1.82, 2.24) is 0 Å². The van der Waals surface area contributed by atoms with Crippen LogP contribution in [0, 0.1) is 0 Å². The zero-order valence-corrected chi connectivity index (χ0v) is 9.61. The van der Waals surface area contributed by atoms with Gasteiger partial charge in [0.1, 0.15) is 0 Å². The number of benzene rings is 1. The predicted molar refractivity (Wildman–Crippen MR) is 60.7 cm³/mol. The van der Waals surface area contributed by atoms with E-state index in [1.54, 1.807) is 6.92 Å². The molecule has 0 spiro atoms. The highest BCUT2D eigenvalue weighted by Gasteiger charge is 2.10. The molecule has 0 aliphatic carbocycles. The fraction of sp³-hybridized carbons (Fsp3) is 0.417. The Hall–Kier alpha value is -1.78. The summed E-state index contributed by atoms with van der Waals surface area (Å²) in [6.45, 7) is 1.99. The average molecular weight is 242 g/mol. The van der Waals surface area contributed by atoms with Gasteiger partial charge in [-0.25, -0.2) is 4.79 Å². The summed E-state index contributed by atoms with van der Waals surface area (Å²) in [5.74, 6) is -0.224. The fourth-order valence-corrected chi connectivity index (χ4v) is 1.27. The van der Waals surface area contributed by atoms with Crippen LogP contribution in [0.2, 0.25) is 0 Å². The van der Waals surface area contributed by atoms with Crippen LogP contribution in [0.4, 0.5) is 4.39 Å². The third-order valence-electron chi connectivity index (χ3n) is 2.03. The van der Waals surface area contributed by atoms with Crippen LogP contribution in [0.3, 0.4) is 0 Å². The number of hydrogen-bond donors (Lipinski definition) is 1. The van der Waals surface area contributed by atoms with Crippen molar-refractivity contribution in [2.45, 2.75) is 13.3 Å². The molecule has 1 aromatic rings. The molecule has 94 valence electrons. The van der Waals surface area contributed by atoms with Gasteiger partial charge in [-0.2, -0.15) is 0 Å². The summed E-state index contributed by atoms with van der Waals surface area (Å²) in [4.78, 5) is 10.8. The van der Waals surface area contributed by atoms with Gasteiger partial charge in [0, 0.05) is 6.42 Å². The van der Waals surface area contributed by atoms with Crippen molar-refractivity contribution in [3.63, 3.8) is 0 Å². The van der Waals surface area contributed by atoms with Crippen molar-refractivity contribution in [2.24, 2.45) is 0 Å². The summed E-state index contributed by atoms with van der Waals surface area (Å²) < 4.78 is 22.5. The fourth-order valence-electron chi connectivity index (χ4n) is 1.27. The Labute approximate surface area is 99.0 Å². The lowest BCUT2D eigenvalue weighted by Gasteiger charge is -2.11. The highest BCUT2D eigenvalue weighted by molar-refractivity contribution is 5.88. The molecule has 0 atom stereocenters. The van der Waals surface area contributed by atoms with Gasteiger partial charge in [0.05, 0.1) is 25.5 Å². The quantitative estimate of drug-likeness (QED) is 0.746. The molecule has 1 aromatic carbocycles. The molecule has 1 rings (SSSR count). The minimum absolute atomic E-state index is 0.131. The van der Waals surface area contributed by atoms with Gasteiger partial charge in [-0.1, -0.05) is 0 Å². The van der Waals surface area contributed by atoms with Crippen LogP contribution >= 0.6 is 0 Å². The van der Waals surface area contributed by atoms with E-state index in [1.165, 1.54) is 18.2 Å². The molecule has 0 aliphatic rings. The topological polar surface area (TPSA) is 55.8 Å². The second-order valence-corrected chi connectivity index (χ2v) is 3.29. The monoisotopic (exact) mass is 242 g/mol. The molecule has 0 saturated heterocycles. The maximum Gasteiger partial charge on any atom is 0.335 e. The molecule has 0 radical (unpaired) electrons. The molecule has 0 heterocycles. The molecular weight excluding hydrogens is 227 g/mol. The lowest BCUT2D eigenvalue weighted by Crippen LogP contribution is -2.03. The van der Waals surface area contributed by atoms with Gasteiger partial charge in [0.15, 0.2) is 11.5 Å². The van der Waals surface area contributed by atoms with Crippen molar-refractivity contribution in [3.05, 3.63) is 23.8 Å². The zero-order chi connectivity index (χ0) is 12.7. The first kappa shape index (κ1) is 13.3. The molecule has 0 amide bonds. The number of carboxylic acid groups (broad SMARTS) is 1. The van der Waals surface area contributed by atoms with Crippen molar-refractivity contribution < 1.29 is 23.8 Å². The largest absolute Gasteiger partial charge is 0.490 e. The second kappa shape index (κ2) is 6.73. The lowest BCUT2D eigenvalue weighted by molar-refractivity contribution is 0.0696. The molecular formula is C12H15FO4. The number of rotatable bonds is 7. The van der Waals surface area contributed by atoms with Gasteiger partial charge in [-0.15, -0.1) is 0 Å². The minimum atomic E-state index is -1.03. The summed E-state index contributed by atoms with van der Waals surface area (Å²) in [5, 5.41) is 8.84. The number of ether oxygens (including phenoxy) is 2. The molecule has 1 N–H and O–H groups in total. The highest BCUT2D eigenvalue weighted by atomic mass is 19.1. The number of carboxylic acids is 1. The summed E-state index contributed by atoms with van der Waals surface area (Å²) in [5.41, 5.74) is 0.131. The van der Waals surface area contributed by atoms with Gasteiger partial charge >= 0.3 is 5.97 Å². The Bertz CT molecular complexity index is 379. The molecule has 0 saturated carbocycles. The third kappa shape index (κ3) is 3.94. The molecule has 0 fully saturated rings. The lowest BCUT2D eigenvalue weighted by atomic mass is 10.2. The number of halogens is 1. The Balaban J connectivity index is 2.83. The maximum absolute atomic E-state index is 11.9. The van der Waals surface area contributed by atoms with Crippen LogP contribution in [0.15, 0.2) is 18.2 Å². The Morgan fingerprint density at radius 1 is 1.35 bits per heavy atom. The van der Waals surface area contributed by atoms with E-state index in [2.05, 4.69) is 0 Å². The van der Waals surface area contributed by atoms with Crippen molar-refractivity contribution in [1.29, 1.82) is 0 Å². The van der Waals surface area contributed by atoms with E-state index in [4.69, 9.17) is 14.6 Å². The molecule has 17 heavy (non-hydrogen) atoms. The van der Waals surface area contributed by atoms with Crippen LogP contribution in [-0.4, -0.2) is 31.0 Å². The van der Waals surface area contributed by atoms with E-state index < -0.39 is 12.6 Å². The molecule has 0 unspecified atom stereocenters.